The van der Waals surface area contributed by atoms with Gasteiger partial charge in [0.2, 0.25) is 0 Å². The van der Waals surface area contributed by atoms with Crippen LogP contribution in [0.25, 0.3) is 73.0 Å². The van der Waals surface area contributed by atoms with Crippen LogP contribution in [0.4, 0.5) is 17.1 Å². The Balaban J connectivity index is 1.18. The predicted molar refractivity (Wildman–Crippen MR) is 219 cm³/mol. The topological polar surface area (TPSA) is 3.24 Å². The molecule has 50 heavy (non-hydrogen) atoms. The molecular formula is C47H31NS2. The molecule has 0 radical (unpaired) electrons. The third-order valence-corrected chi connectivity index (χ3v) is 13.4. The number of nitrogens with zero attached hydrogens (tertiary/aromatic N) is 1. The van der Waals surface area contributed by atoms with Crippen LogP contribution in [0.1, 0.15) is 25.0 Å². The average Bonchev–Trinajstić information content (AvgIpc) is 3.80. The van der Waals surface area contributed by atoms with Gasteiger partial charge in [-0.25, -0.2) is 0 Å². The van der Waals surface area contributed by atoms with E-state index in [2.05, 4.69) is 170 Å². The highest BCUT2D eigenvalue weighted by Crippen LogP contribution is 2.52. The minimum atomic E-state index is -0.0812. The van der Waals surface area contributed by atoms with Crippen molar-refractivity contribution in [3.63, 3.8) is 0 Å². The van der Waals surface area contributed by atoms with Crippen molar-refractivity contribution in [3.05, 3.63) is 163 Å². The molecule has 0 spiro atoms. The maximum atomic E-state index is 2.46. The lowest BCUT2D eigenvalue weighted by Crippen LogP contribution is -2.16. The molecule has 11 rings (SSSR count). The van der Waals surface area contributed by atoms with Crippen molar-refractivity contribution in [2.45, 2.75) is 19.3 Å². The molecule has 1 aliphatic rings. The normalized spacial score (nSPS) is 13.6. The Hall–Kier alpha value is -5.48. The second kappa shape index (κ2) is 10.3. The first kappa shape index (κ1) is 28.4. The number of hydrogen-bond acceptors (Lipinski definition) is 3. The highest BCUT2D eigenvalue weighted by molar-refractivity contribution is 7.30. The summed E-state index contributed by atoms with van der Waals surface area (Å²) in [7, 11) is 0. The predicted octanol–water partition coefficient (Wildman–Crippen LogP) is 14.5. The van der Waals surface area contributed by atoms with Crippen molar-refractivity contribution in [2.24, 2.45) is 0 Å². The first-order valence-electron chi connectivity index (χ1n) is 17.3. The first-order valence-corrected chi connectivity index (χ1v) is 18.9. The molecule has 0 N–H and O–H groups in total. The van der Waals surface area contributed by atoms with E-state index in [4.69, 9.17) is 0 Å². The molecule has 8 aromatic carbocycles. The summed E-state index contributed by atoms with van der Waals surface area (Å²) in [5.41, 5.74) is 8.89. The quantitative estimate of drug-likeness (QED) is 0.180. The molecule has 0 atom stereocenters. The van der Waals surface area contributed by atoms with Gasteiger partial charge in [0.25, 0.3) is 0 Å². The number of fused-ring (bicyclic) bond motifs is 14. The van der Waals surface area contributed by atoms with E-state index < -0.39 is 0 Å². The van der Waals surface area contributed by atoms with Crippen LogP contribution in [0.15, 0.2) is 152 Å². The van der Waals surface area contributed by atoms with Crippen LogP contribution in [0, 0.1) is 0 Å². The zero-order valence-electron chi connectivity index (χ0n) is 27.7. The van der Waals surface area contributed by atoms with E-state index in [0.717, 1.165) is 5.69 Å². The van der Waals surface area contributed by atoms with Crippen molar-refractivity contribution < 1.29 is 0 Å². The summed E-state index contributed by atoms with van der Waals surface area (Å²) in [6.45, 7) is 4.73. The minimum Gasteiger partial charge on any atom is -0.310 e. The van der Waals surface area contributed by atoms with E-state index >= 15 is 0 Å². The van der Waals surface area contributed by atoms with E-state index in [0.29, 0.717) is 0 Å². The van der Waals surface area contributed by atoms with Crippen molar-refractivity contribution in [2.75, 3.05) is 4.90 Å². The third-order valence-electron chi connectivity index (χ3n) is 11.0. The summed E-state index contributed by atoms with van der Waals surface area (Å²) >= 11 is 3.86. The maximum absolute atomic E-state index is 2.46. The van der Waals surface area contributed by atoms with Gasteiger partial charge in [0, 0.05) is 68.2 Å². The van der Waals surface area contributed by atoms with Crippen LogP contribution in [-0.4, -0.2) is 0 Å². The monoisotopic (exact) mass is 673 g/mol. The Morgan fingerprint density at radius 2 is 1.04 bits per heavy atom. The molecule has 10 aromatic rings. The van der Waals surface area contributed by atoms with Crippen LogP contribution in [0.3, 0.4) is 0 Å². The number of benzene rings is 8. The minimum absolute atomic E-state index is 0.0812. The molecule has 0 saturated heterocycles. The van der Waals surface area contributed by atoms with Crippen molar-refractivity contribution in [1.29, 1.82) is 0 Å². The SMILES string of the molecule is CC1(C)c2ccccc2-c2ccc(N(c3ccc4ccccc4c3)c3ccc4c(c3)sc3c4c4ccccc4c4sc5ccccc5c43)cc21. The van der Waals surface area contributed by atoms with Crippen LogP contribution in [0.5, 0.6) is 0 Å². The van der Waals surface area contributed by atoms with Crippen LogP contribution < -0.4 is 4.90 Å². The zero-order chi connectivity index (χ0) is 33.1. The largest absolute Gasteiger partial charge is 0.310 e. The first-order chi connectivity index (χ1) is 24.5. The molecule has 1 aliphatic carbocycles. The average molecular weight is 674 g/mol. The molecule has 2 aromatic heterocycles. The molecule has 0 saturated carbocycles. The van der Waals surface area contributed by atoms with Crippen molar-refractivity contribution in [3.8, 4) is 11.1 Å². The van der Waals surface area contributed by atoms with Gasteiger partial charge in [-0.05, 0) is 80.9 Å². The van der Waals surface area contributed by atoms with Gasteiger partial charge < -0.3 is 4.90 Å². The molecule has 236 valence electrons. The highest BCUT2D eigenvalue weighted by atomic mass is 32.1. The Labute approximate surface area is 298 Å². The summed E-state index contributed by atoms with van der Waals surface area (Å²) in [4.78, 5) is 2.46. The molecule has 0 unspecified atom stereocenters. The van der Waals surface area contributed by atoms with Gasteiger partial charge in [-0.15, -0.1) is 22.7 Å². The second-order valence-corrected chi connectivity index (χ2v) is 16.2. The third kappa shape index (κ3) is 3.88. The van der Waals surface area contributed by atoms with Crippen molar-refractivity contribution >= 4 is 102 Å². The lowest BCUT2D eigenvalue weighted by molar-refractivity contribution is 0.660. The molecule has 0 bridgehead atoms. The molecule has 0 amide bonds. The van der Waals surface area contributed by atoms with Gasteiger partial charge in [-0.2, -0.15) is 0 Å². The molecule has 0 aliphatic heterocycles. The Bertz CT molecular complexity index is 3030. The molecule has 2 heterocycles. The van der Waals surface area contributed by atoms with Gasteiger partial charge >= 0.3 is 0 Å². The summed E-state index contributed by atoms with van der Waals surface area (Å²) in [5, 5.41) is 10.6. The van der Waals surface area contributed by atoms with Crippen LogP contribution in [0.2, 0.25) is 0 Å². The standard InChI is InChI=1S/C47H31NS2/c1-47(2)39-17-9-7-13-33(39)34-23-21-31(26-40(34)47)48(30-20-19-28-11-3-4-12-29(28)25-30)32-22-24-38-42(27-32)50-46-43(38)35-14-5-6-15-36(35)45-44(46)37-16-8-10-18-41(37)49-45/h3-27H,1-2H3. The van der Waals surface area contributed by atoms with Crippen LogP contribution >= 0.6 is 22.7 Å². The van der Waals surface area contributed by atoms with E-state index in [1.54, 1.807) is 0 Å². The fourth-order valence-corrected chi connectivity index (χ4v) is 11.3. The summed E-state index contributed by atoms with van der Waals surface area (Å²) in [6, 6.07) is 56.6. The van der Waals surface area contributed by atoms with Gasteiger partial charge in [0.1, 0.15) is 0 Å². The van der Waals surface area contributed by atoms with Gasteiger partial charge in [0.15, 0.2) is 0 Å². The number of thiophene rings is 2. The Morgan fingerprint density at radius 1 is 0.420 bits per heavy atom. The zero-order valence-corrected chi connectivity index (χ0v) is 29.3. The van der Waals surface area contributed by atoms with E-state index in [9.17, 15) is 0 Å². The number of anilines is 3. The van der Waals surface area contributed by atoms with E-state index in [1.165, 1.54) is 95.5 Å². The number of hydrogen-bond donors (Lipinski definition) is 0. The van der Waals surface area contributed by atoms with Crippen molar-refractivity contribution in [1.82, 2.24) is 0 Å². The fourth-order valence-electron chi connectivity index (χ4n) is 8.62. The summed E-state index contributed by atoms with van der Waals surface area (Å²) < 4.78 is 5.44. The van der Waals surface area contributed by atoms with Gasteiger partial charge in [0.05, 0.1) is 0 Å². The van der Waals surface area contributed by atoms with Gasteiger partial charge in [-0.1, -0.05) is 123 Å². The van der Waals surface area contributed by atoms with Gasteiger partial charge in [-0.3, -0.25) is 0 Å². The molecule has 3 heteroatoms. The Morgan fingerprint density at radius 3 is 1.94 bits per heavy atom. The molecule has 0 fully saturated rings. The second-order valence-electron chi connectivity index (χ2n) is 14.1. The number of rotatable bonds is 3. The molecular weight excluding hydrogens is 643 g/mol. The summed E-state index contributed by atoms with van der Waals surface area (Å²) in [6.07, 6.45) is 0. The Kier molecular flexibility index (Phi) is 5.83. The van der Waals surface area contributed by atoms with E-state index in [1.807, 2.05) is 22.7 Å². The highest BCUT2D eigenvalue weighted by Gasteiger charge is 2.35. The lowest BCUT2D eigenvalue weighted by Gasteiger charge is -2.28. The van der Waals surface area contributed by atoms with E-state index in [-0.39, 0.29) is 5.41 Å². The fraction of sp³-hybridized carbons (Fsp3) is 0.0638. The maximum Gasteiger partial charge on any atom is 0.0476 e. The summed E-state index contributed by atoms with van der Waals surface area (Å²) in [5.74, 6) is 0. The smallest absolute Gasteiger partial charge is 0.0476 e. The lowest BCUT2D eigenvalue weighted by atomic mass is 9.82. The van der Waals surface area contributed by atoms with Crippen LogP contribution in [-0.2, 0) is 5.41 Å². The molecule has 1 nitrogen and oxygen atoms in total.